The molecule has 2 aromatic heterocycles. The highest BCUT2D eigenvalue weighted by Gasteiger charge is 2.08. The normalized spacial score (nSPS) is 10.3. The molecule has 1 aromatic carbocycles. The van der Waals surface area contributed by atoms with Gasteiger partial charge in [0.2, 0.25) is 0 Å². The van der Waals surface area contributed by atoms with Gasteiger partial charge >= 0.3 is 0 Å². The Kier molecular flexibility index (Phi) is 3.79. The summed E-state index contributed by atoms with van der Waals surface area (Å²) in [5, 5.41) is 9.67. The van der Waals surface area contributed by atoms with Crippen LogP contribution in [0.2, 0.25) is 0 Å². The lowest BCUT2D eigenvalue weighted by molar-refractivity contribution is 0.102. The molecule has 1 amide bonds. The molecule has 0 saturated heterocycles. The van der Waals surface area contributed by atoms with Gasteiger partial charge in [0.1, 0.15) is 0 Å². The number of nitrogens with one attached hydrogen (secondary N) is 2. The monoisotopic (exact) mass is 342 g/mol. The molecule has 0 fully saturated rings. The van der Waals surface area contributed by atoms with Gasteiger partial charge < -0.3 is 5.32 Å². The molecular formula is C15H11BrN4O. The predicted octanol–water partition coefficient (Wildman–Crippen LogP) is 3.49. The van der Waals surface area contributed by atoms with E-state index in [1.807, 2.05) is 30.3 Å². The van der Waals surface area contributed by atoms with Crippen LogP contribution in [0.4, 0.5) is 5.69 Å². The summed E-state index contributed by atoms with van der Waals surface area (Å²) in [7, 11) is 0. The molecule has 104 valence electrons. The number of amides is 1. The standard InChI is InChI=1S/C15H11BrN4O/c16-12-6-11(8-17-9-12)15(21)19-13-3-1-2-10(7-13)14-4-5-18-20-14/h1-9H,(H,18,20)(H,19,21). The van der Waals surface area contributed by atoms with Crippen molar-refractivity contribution in [3.63, 3.8) is 0 Å². The highest BCUT2D eigenvalue weighted by Crippen LogP contribution is 2.21. The van der Waals surface area contributed by atoms with Crippen molar-refractivity contribution in [3.05, 3.63) is 65.0 Å². The summed E-state index contributed by atoms with van der Waals surface area (Å²) in [6.07, 6.45) is 4.85. The Balaban J connectivity index is 1.82. The van der Waals surface area contributed by atoms with Crippen LogP contribution in [0.25, 0.3) is 11.3 Å². The zero-order valence-electron chi connectivity index (χ0n) is 10.9. The Morgan fingerprint density at radius 1 is 1.19 bits per heavy atom. The predicted molar refractivity (Wildman–Crippen MR) is 83.9 cm³/mol. The zero-order valence-corrected chi connectivity index (χ0v) is 12.5. The molecule has 0 aliphatic heterocycles. The number of anilines is 1. The van der Waals surface area contributed by atoms with E-state index < -0.39 is 0 Å². The van der Waals surface area contributed by atoms with Crippen molar-refractivity contribution in [1.82, 2.24) is 15.2 Å². The number of carbonyl (C=O) groups is 1. The number of aromatic nitrogens is 3. The summed E-state index contributed by atoms with van der Waals surface area (Å²) in [4.78, 5) is 16.2. The number of hydrogen-bond acceptors (Lipinski definition) is 3. The Hall–Kier alpha value is -2.47. The number of halogens is 1. The average Bonchev–Trinajstić information content (AvgIpc) is 3.02. The molecular weight excluding hydrogens is 332 g/mol. The summed E-state index contributed by atoms with van der Waals surface area (Å²) < 4.78 is 0.765. The first-order valence-corrected chi connectivity index (χ1v) is 7.03. The summed E-state index contributed by atoms with van der Waals surface area (Å²) >= 11 is 3.30. The van der Waals surface area contributed by atoms with Crippen molar-refractivity contribution < 1.29 is 4.79 Å². The van der Waals surface area contributed by atoms with Crippen molar-refractivity contribution in [3.8, 4) is 11.3 Å². The third-order valence-electron chi connectivity index (χ3n) is 2.90. The van der Waals surface area contributed by atoms with Crippen LogP contribution >= 0.6 is 15.9 Å². The number of hydrogen-bond donors (Lipinski definition) is 2. The van der Waals surface area contributed by atoms with Gasteiger partial charge in [-0.2, -0.15) is 5.10 Å². The molecule has 0 atom stereocenters. The first kappa shape index (κ1) is 13.5. The van der Waals surface area contributed by atoms with Crippen LogP contribution in [0.5, 0.6) is 0 Å². The van der Waals surface area contributed by atoms with Gasteiger partial charge in [0.15, 0.2) is 0 Å². The molecule has 0 bridgehead atoms. The van der Waals surface area contributed by atoms with Crippen LogP contribution in [0.3, 0.4) is 0 Å². The minimum Gasteiger partial charge on any atom is -0.322 e. The number of rotatable bonds is 3. The maximum absolute atomic E-state index is 12.2. The average molecular weight is 343 g/mol. The molecule has 0 unspecified atom stereocenters. The van der Waals surface area contributed by atoms with Crippen LogP contribution in [-0.4, -0.2) is 21.1 Å². The third-order valence-corrected chi connectivity index (χ3v) is 3.33. The topological polar surface area (TPSA) is 70.7 Å². The minimum atomic E-state index is -0.203. The van der Waals surface area contributed by atoms with Crippen molar-refractivity contribution in [2.24, 2.45) is 0 Å². The molecule has 5 nitrogen and oxygen atoms in total. The van der Waals surface area contributed by atoms with Crippen LogP contribution < -0.4 is 5.32 Å². The van der Waals surface area contributed by atoms with Crippen molar-refractivity contribution >= 4 is 27.5 Å². The second-order valence-electron chi connectivity index (χ2n) is 4.40. The maximum Gasteiger partial charge on any atom is 0.257 e. The third kappa shape index (κ3) is 3.17. The van der Waals surface area contributed by atoms with Gasteiger partial charge in [0, 0.05) is 34.3 Å². The van der Waals surface area contributed by atoms with Crippen molar-refractivity contribution in [1.29, 1.82) is 0 Å². The van der Waals surface area contributed by atoms with Crippen LogP contribution in [0.15, 0.2) is 59.5 Å². The van der Waals surface area contributed by atoms with Gasteiger partial charge in [-0.3, -0.25) is 14.9 Å². The molecule has 21 heavy (non-hydrogen) atoms. The SMILES string of the molecule is O=C(Nc1cccc(-c2ccn[nH]2)c1)c1cncc(Br)c1. The van der Waals surface area contributed by atoms with Gasteiger partial charge in [0.05, 0.1) is 11.3 Å². The minimum absolute atomic E-state index is 0.203. The van der Waals surface area contributed by atoms with E-state index in [2.05, 4.69) is 36.4 Å². The van der Waals surface area contributed by atoms with Crippen LogP contribution in [0.1, 0.15) is 10.4 Å². The molecule has 3 rings (SSSR count). The van der Waals surface area contributed by atoms with E-state index in [9.17, 15) is 4.79 Å². The zero-order chi connectivity index (χ0) is 14.7. The number of H-pyrrole nitrogens is 1. The summed E-state index contributed by atoms with van der Waals surface area (Å²) in [5.74, 6) is -0.203. The summed E-state index contributed by atoms with van der Waals surface area (Å²) in [5.41, 5.74) is 3.07. The molecule has 0 saturated carbocycles. The van der Waals surface area contributed by atoms with Crippen LogP contribution in [0, 0.1) is 0 Å². The van der Waals surface area contributed by atoms with Gasteiger partial charge in [-0.1, -0.05) is 12.1 Å². The lowest BCUT2D eigenvalue weighted by atomic mass is 10.1. The van der Waals surface area contributed by atoms with E-state index in [1.54, 1.807) is 18.5 Å². The van der Waals surface area contributed by atoms with E-state index in [4.69, 9.17) is 0 Å². The van der Waals surface area contributed by atoms with E-state index in [0.29, 0.717) is 11.3 Å². The first-order chi connectivity index (χ1) is 10.2. The fourth-order valence-corrected chi connectivity index (χ4v) is 2.29. The van der Waals surface area contributed by atoms with E-state index in [0.717, 1.165) is 15.7 Å². The van der Waals surface area contributed by atoms with E-state index in [-0.39, 0.29) is 5.91 Å². The number of pyridine rings is 1. The number of carbonyl (C=O) groups excluding carboxylic acids is 1. The Labute approximate surface area is 129 Å². The second-order valence-corrected chi connectivity index (χ2v) is 5.31. The fourth-order valence-electron chi connectivity index (χ4n) is 1.92. The van der Waals surface area contributed by atoms with E-state index in [1.165, 1.54) is 6.20 Å². The molecule has 3 aromatic rings. The Morgan fingerprint density at radius 2 is 2.10 bits per heavy atom. The molecule has 6 heteroatoms. The van der Waals surface area contributed by atoms with Crippen molar-refractivity contribution in [2.45, 2.75) is 0 Å². The molecule has 0 aliphatic rings. The molecule has 0 radical (unpaired) electrons. The summed E-state index contributed by atoms with van der Waals surface area (Å²) in [6, 6.07) is 11.1. The Bertz CT molecular complexity index is 771. The Morgan fingerprint density at radius 3 is 2.86 bits per heavy atom. The highest BCUT2D eigenvalue weighted by atomic mass is 79.9. The quantitative estimate of drug-likeness (QED) is 0.765. The molecule has 0 spiro atoms. The van der Waals surface area contributed by atoms with E-state index >= 15 is 0 Å². The second kappa shape index (κ2) is 5.88. The molecule has 0 aliphatic carbocycles. The molecule has 2 N–H and O–H groups in total. The van der Waals surface area contributed by atoms with Gasteiger partial charge in [-0.05, 0) is 40.2 Å². The van der Waals surface area contributed by atoms with Gasteiger partial charge in [0.25, 0.3) is 5.91 Å². The number of nitrogens with zero attached hydrogens (tertiary/aromatic N) is 2. The largest absolute Gasteiger partial charge is 0.322 e. The lowest BCUT2D eigenvalue weighted by Gasteiger charge is -2.07. The molecule has 2 heterocycles. The van der Waals surface area contributed by atoms with Crippen LogP contribution in [-0.2, 0) is 0 Å². The fraction of sp³-hybridized carbons (Fsp3) is 0. The first-order valence-electron chi connectivity index (χ1n) is 6.24. The van der Waals surface area contributed by atoms with Gasteiger partial charge in [-0.15, -0.1) is 0 Å². The maximum atomic E-state index is 12.2. The summed E-state index contributed by atoms with van der Waals surface area (Å²) in [6.45, 7) is 0. The smallest absolute Gasteiger partial charge is 0.257 e. The highest BCUT2D eigenvalue weighted by molar-refractivity contribution is 9.10. The van der Waals surface area contributed by atoms with Crippen molar-refractivity contribution in [2.75, 3.05) is 5.32 Å². The van der Waals surface area contributed by atoms with Gasteiger partial charge in [-0.25, -0.2) is 0 Å². The number of aromatic amines is 1. The lowest BCUT2D eigenvalue weighted by Crippen LogP contribution is -2.12. The number of benzene rings is 1.